The largest absolute Gasteiger partial charge is 0.391 e. The van der Waals surface area contributed by atoms with Crippen LogP contribution in [0.1, 0.15) is 51.8 Å². The van der Waals surface area contributed by atoms with E-state index in [9.17, 15) is 5.11 Å². The number of fused-ring (bicyclic) bond motifs is 1. The van der Waals surface area contributed by atoms with Gasteiger partial charge in [-0.25, -0.2) is 0 Å². The van der Waals surface area contributed by atoms with E-state index in [0.717, 1.165) is 41.5 Å². The fourth-order valence-electron chi connectivity index (χ4n) is 2.91. The molecule has 0 unspecified atom stereocenters. The first-order chi connectivity index (χ1) is 10.3. The Labute approximate surface area is 132 Å². The summed E-state index contributed by atoms with van der Waals surface area (Å²) in [6, 6.07) is 4.19. The van der Waals surface area contributed by atoms with Crippen LogP contribution in [0.15, 0.2) is 24.5 Å². The Hall–Kier alpha value is -1.52. The van der Waals surface area contributed by atoms with Crippen LogP contribution in [-0.2, 0) is 12.0 Å². The van der Waals surface area contributed by atoms with Gasteiger partial charge in [0.25, 0.3) is 0 Å². The topological polar surface area (TPSA) is 58.0 Å². The van der Waals surface area contributed by atoms with E-state index in [0.29, 0.717) is 0 Å². The predicted molar refractivity (Wildman–Crippen MR) is 88.7 cm³/mol. The fraction of sp³-hybridized carbons (Fsp3) is 0.556. The highest BCUT2D eigenvalue weighted by molar-refractivity contribution is 5.81. The van der Waals surface area contributed by atoms with Gasteiger partial charge in [0.05, 0.1) is 17.3 Å². The molecule has 4 nitrogen and oxygen atoms in total. The average Bonchev–Trinajstić information content (AvgIpc) is 3.24. The Bertz CT molecular complexity index is 684. The zero-order valence-electron chi connectivity index (χ0n) is 13.8. The minimum absolute atomic E-state index is 0.0172. The number of aliphatic hydroxyl groups is 1. The zero-order valence-corrected chi connectivity index (χ0v) is 13.8. The average molecular weight is 299 g/mol. The van der Waals surface area contributed by atoms with Crippen LogP contribution in [0.4, 0.5) is 0 Å². The summed E-state index contributed by atoms with van der Waals surface area (Å²) in [5.41, 5.74) is 3.06. The van der Waals surface area contributed by atoms with Crippen LogP contribution in [0.5, 0.6) is 0 Å². The van der Waals surface area contributed by atoms with E-state index in [-0.39, 0.29) is 17.1 Å². The van der Waals surface area contributed by atoms with Crippen molar-refractivity contribution >= 4 is 10.9 Å². The van der Waals surface area contributed by atoms with Crippen molar-refractivity contribution < 1.29 is 5.11 Å². The zero-order chi connectivity index (χ0) is 16.0. The number of aromatic nitrogens is 2. The number of nitrogens with one attached hydrogen (secondary N) is 1. The molecule has 22 heavy (non-hydrogen) atoms. The van der Waals surface area contributed by atoms with E-state index in [4.69, 9.17) is 0 Å². The van der Waals surface area contributed by atoms with Gasteiger partial charge in [-0.1, -0.05) is 20.8 Å². The van der Waals surface area contributed by atoms with Crippen molar-refractivity contribution in [2.75, 3.05) is 0 Å². The molecule has 0 aliphatic heterocycles. The van der Waals surface area contributed by atoms with Gasteiger partial charge in [-0.2, -0.15) is 0 Å². The second-order valence-electron chi connectivity index (χ2n) is 7.51. The summed E-state index contributed by atoms with van der Waals surface area (Å²) in [6.07, 6.45) is 5.57. The fourth-order valence-corrected chi connectivity index (χ4v) is 2.91. The molecule has 2 aromatic heterocycles. The molecule has 1 fully saturated rings. The monoisotopic (exact) mass is 299 g/mol. The van der Waals surface area contributed by atoms with E-state index in [2.05, 4.69) is 42.1 Å². The summed E-state index contributed by atoms with van der Waals surface area (Å²) in [4.78, 5) is 9.16. The summed E-state index contributed by atoms with van der Waals surface area (Å²) in [7, 11) is 0. The number of hydrogen-bond donors (Lipinski definition) is 2. The molecule has 0 saturated heterocycles. The lowest BCUT2D eigenvalue weighted by Crippen LogP contribution is -2.40. The van der Waals surface area contributed by atoms with E-state index in [1.807, 2.05) is 25.4 Å². The van der Waals surface area contributed by atoms with Crippen molar-refractivity contribution in [1.82, 2.24) is 15.3 Å². The molecule has 2 N–H and O–H groups in total. The Morgan fingerprint density at radius 3 is 2.64 bits per heavy atom. The smallest absolute Gasteiger partial charge is 0.0922 e. The second kappa shape index (κ2) is 5.28. The normalized spacial score (nSPS) is 18.4. The Morgan fingerprint density at radius 2 is 2.05 bits per heavy atom. The van der Waals surface area contributed by atoms with Crippen LogP contribution in [0.2, 0.25) is 0 Å². The maximum atomic E-state index is 9.83. The highest BCUT2D eigenvalue weighted by Crippen LogP contribution is 2.39. The molecular weight excluding hydrogens is 274 g/mol. The van der Waals surface area contributed by atoms with Crippen LogP contribution in [-0.4, -0.2) is 26.7 Å². The molecule has 118 valence electrons. The minimum atomic E-state index is -0.308. The minimum Gasteiger partial charge on any atom is -0.391 e. The number of rotatable bonds is 4. The molecule has 0 radical (unpaired) electrons. The van der Waals surface area contributed by atoms with Crippen LogP contribution < -0.4 is 5.32 Å². The summed E-state index contributed by atoms with van der Waals surface area (Å²) in [6.45, 7) is 9.07. The van der Waals surface area contributed by atoms with Gasteiger partial charge in [-0.15, -0.1) is 0 Å². The van der Waals surface area contributed by atoms with Crippen LogP contribution in [0.25, 0.3) is 10.9 Å². The van der Waals surface area contributed by atoms with Crippen molar-refractivity contribution in [2.24, 2.45) is 0 Å². The lowest BCUT2D eigenvalue weighted by molar-refractivity contribution is 0.132. The van der Waals surface area contributed by atoms with E-state index >= 15 is 0 Å². The van der Waals surface area contributed by atoms with Gasteiger partial charge in [0.2, 0.25) is 0 Å². The van der Waals surface area contributed by atoms with Gasteiger partial charge < -0.3 is 10.4 Å². The molecule has 0 spiro atoms. The predicted octanol–water partition coefficient (Wildman–Crippen LogP) is 2.93. The lowest BCUT2D eigenvalue weighted by Gasteiger charge is -2.21. The molecule has 1 atom stereocenters. The molecule has 0 aromatic carbocycles. The molecule has 3 rings (SSSR count). The molecule has 2 aromatic rings. The van der Waals surface area contributed by atoms with Gasteiger partial charge in [-0.3, -0.25) is 9.97 Å². The first kappa shape index (κ1) is 15.4. The second-order valence-corrected chi connectivity index (χ2v) is 7.51. The van der Waals surface area contributed by atoms with Crippen molar-refractivity contribution in [3.8, 4) is 0 Å². The Kier molecular flexibility index (Phi) is 3.69. The summed E-state index contributed by atoms with van der Waals surface area (Å²) in [5, 5.41) is 14.4. The number of aliphatic hydroxyl groups excluding tert-OH is 1. The van der Waals surface area contributed by atoms with E-state index < -0.39 is 0 Å². The SMILES string of the molecule is C[C@H](O)C1(NCc2cnc3c(C(C)(C)C)nccc3c2)CC1. The van der Waals surface area contributed by atoms with Crippen molar-refractivity contribution in [1.29, 1.82) is 0 Å². The molecule has 0 amide bonds. The highest BCUT2D eigenvalue weighted by Gasteiger charge is 2.46. The third kappa shape index (κ3) is 2.85. The third-order valence-corrected chi connectivity index (χ3v) is 4.60. The summed E-state index contributed by atoms with van der Waals surface area (Å²) in [5.74, 6) is 0. The van der Waals surface area contributed by atoms with Crippen molar-refractivity contribution in [3.05, 3.63) is 35.8 Å². The first-order valence-corrected chi connectivity index (χ1v) is 7.99. The van der Waals surface area contributed by atoms with Crippen LogP contribution in [0.3, 0.4) is 0 Å². The van der Waals surface area contributed by atoms with Gasteiger partial charge in [0.1, 0.15) is 0 Å². The van der Waals surface area contributed by atoms with Gasteiger partial charge >= 0.3 is 0 Å². The molecule has 4 heteroatoms. The quantitative estimate of drug-likeness (QED) is 0.911. The molecule has 0 bridgehead atoms. The van der Waals surface area contributed by atoms with Crippen molar-refractivity contribution in [3.63, 3.8) is 0 Å². The van der Waals surface area contributed by atoms with Crippen molar-refractivity contribution in [2.45, 2.75) is 64.1 Å². The van der Waals surface area contributed by atoms with Crippen LogP contribution >= 0.6 is 0 Å². The lowest BCUT2D eigenvalue weighted by atomic mass is 9.90. The number of pyridine rings is 2. The molecule has 2 heterocycles. The molecular formula is C18H25N3O. The molecule has 1 aliphatic rings. The highest BCUT2D eigenvalue weighted by atomic mass is 16.3. The maximum absolute atomic E-state index is 9.83. The number of hydrogen-bond acceptors (Lipinski definition) is 4. The first-order valence-electron chi connectivity index (χ1n) is 7.99. The van der Waals surface area contributed by atoms with Crippen LogP contribution in [0, 0.1) is 0 Å². The summed E-state index contributed by atoms with van der Waals surface area (Å²) < 4.78 is 0. The summed E-state index contributed by atoms with van der Waals surface area (Å²) >= 11 is 0. The van der Waals surface area contributed by atoms with Gasteiger partial charge in [-0.05, 0) is 37.5 Å². The van der Waals surface area contributed by atoms with Gasteiger partial charge in [0.15, 0.2) is 0 Å². The Balaban J connectivity index is 1.85. The number of nitrogens with zero attached hydrogens (tertiary/aromatic N) is 2. The van der Waals surface area contributed by atoms with E-state index in [1.165, 1.54) is 0 Å². The standard InChI is InChI=1S/C18H25N3O/c1-12(22)18(6-7-18)21-11-13-9-14-5-8-19-16(17(2,3)4)15(14)20-10-13/h5,8-10,12,21-22H,6-7,11H2,1-4H3/t12-/m0/s1. The van der Waals surface area contributed by atoms with E-state index in [1.54, 1.807) is 0 Å². The third-order valence-electron chi connectivity index (χ3n) is 4.60. The Morgan fingerprint density at radius 1 is 1.32 bits per heavy atom. The molecule has 1 aliphatic carbocycles. The maximum Gasteiger partial charge on any atom is 0.0922 e. The van der Waals surface area contributed by atoms with Gasteiger partial charge in [0, 0.05) is 35.3 Å². The molecule has 1 saturated carbocycles.